The Bertz CT molecular complexity index is 600. The lowest BCUT2D eigenvalue weighted by Crippen LogP contribution is -2.35. The Kier molecular flexibility index (Phi) is 5.87. The number of ether oxygens (including phenoxy) is 1. The van der Waals surface area contributed by atoms with E-state index in [1.165, 1.54) is 19.9 Å². The second-order valence-electron chi connectivity index (χ2n) is 5.25. The van der Waals surface area contributed by atoms with Gasteiger partial charge in [-0.3, -0.25) is 12.9 Å². The molecular weight excluding hydrogens is 397 g/mol. The van der Waals surface area contributed by atoms with Crippen LogP contribution in [0.1, 0.15) is 25.3 Å². The molecule has 1 atom stereocenters. The van der Waals surface area contributed by atoms with E-state index in [-0.39, 0.29) is 15.7 Å². The van der Waals surface area contributed by atoms with Crippen molar-refractivity contribution in [2.75, 3.05) is 19.4 Å². The Morgan fingerprint density at radius 1 is 1.55 bits per heavy atom. The molecule has 0 radical (unpaired) electrons. The predicted molar refractivity (Wildman–Crippen MR) is 93.8 cm³/mol. The summed E-state index contributed by atoms with van der Waals surface area (Å²) in [6.45, 7) is 2.38. The predicted octanol–water partition coefficient (Wildman–Crippen LogP) is 2.25. The van der Waals surface area contributed by atoms with E-state index in [0.29, 0.717) is 29.5 Å². The van der Waals surface area contributed by atoms with E-state index in [0.717, 1.165) is 0 Å². The van der Waals surface area contributed by atoms with Crippen molar-refractivity contribution in [3.63, 3.8) is 0 Å². The molecule has 1 fully saturated rings. The average molecular weight is 417 g/mol. The van der Waals surface area contributed by atoms with Gasteiger partial charge in [-0.15, -0.1) is 0 Å². The van der Waals surface area contributed by atoms with Crippen molar-refractivity contribution in [2.45, 2.75) is 23.8 Å². The Hall–Kier alpha value is -1.51. The van der Waals surface area contributed by atoms with Gasteiger partial charge in [-0.05, 0) is 43.9 Å². The molecule has 1 saturated carbocycles. The van der Waals surface area contributed by atoms with Crippen molar-refractivity contribution < 1.29 is 12.6 Å². The van der Waals surface area contributed by atoms with Crippen LogP contribution in [0.5, 0.6) is 5.75 Å². The molecule has 6 nitrogen and oxygen atoms in total. The van der Waals surface area contributed by atoms with Crippen LogP contribution in [0.15, 0.2) is 23.2 Å². The number of hydrogen-bond donors (Lipinski definition) is 2. The molecule has 1 aromatic carbocycles. The molecule has 22 heavy (non-hydrogen) atoms. The molecule has 0 bridgehead atoms. The molecule has 1 unspecified atom stereocenters. The Labute approximate surface area is 140 Å². The first-order valence-corrected chi connectivity index (χ1v) is 9.23. The van der Waals surface area contributed by atoms with Crippen LogP contribution in [0.25, 0.3) is 0 Å². The molecule has 1 aromatic rings. The molecule has 1 aliphatic carbocycles. The normalized spacial score (nSPS) is 16.2. The van der Waals surface area contributed by atoms with Gasteiger partial charge in [0, 0.05) is 18.3 Å². The third-order valence-electron chi connectivity index (χ3n) is 3.36. The molecule has 1 amide bonds. The van der Waals surface area contributed by atoms with Gasteiger partial charge >= 0.3 is 0 Å². The zero-order valence-corrected chi connectivity index (χ0v) is 14.8. The maximum atomic E-state index is 12.2. The molecular formula is C15H20IN3O3. The van der Waals surface area contributed by atoms with Gasteiger partial charge in [0.1, 0.15) is 15.5 Å². The van der Waals surface area contributed by atoms with Gasteiger partial charge in [-0.2, -0.15) is 0 Å². The quantitative estimate of drug-likeness (QED) is 0.234. The van der Waals surface area contributed by atoms with Crippen LogP contribution in [0.2, 0.25) is 0 Å². The second kappa shape index (κ2) is 7.66. The van der Waals surface area contributed by atoms with Gasteiger partial charge in [0.05, 0.1) is 6.61 Å². The van der Waals surface area contributed by atoms with Crippen molar-refractivity contribution in [1.29, 1.82) is 0 Å². The first-order chi connectivity index (χ1) is 10.5. The van der Waals surface area contributed by atoms with Crippen molar-refractivity contribution in [3.8, 4) is 5.75 Å². The smallest absolute Gasteiger partial charge is 0.271 e. The van der Waals surface area contributed by atoms with E-state index in [2.05, 4.69) is 10.3 Å². The van der Waals surface area contributed by atoms with Crippen molar-refractivity contribution >= 4 is 38.5 Å². The van der Waals surface area contributed by atoms with Gasteiger partial charge in [0.15, 0.2) is 21.2 Å². The number of nitrogens with one attached hydrogen (secondary N) is 1. The number of nitrogens with zero attached hydrogens (tertiary/aromatic N) is 1. The SMILES string of the molecule is CN=C(C(=O)NC(C)I=O)c1cc(OCC2CC2)ccc1N. The number of alkyl halides is 1. The molecule has 0 heterocycles. The number of amides is 1. The van der Waals surface area contributed by atoms with Crippen LogP contribution in [-0.4, -0.2) is 29.3 Å². The summed E-state index contributed by atoms with van der Waals surface area (Å²) in [4.78, 5) is 16.3. The van der Waals surface area contributed by atoms with Crippen molar-refractivity contribution in [3.05, 3.63) is 23.8 Å². The molecule has 0 spiro atoms. The summed E-state index contributed by atoms with van der Waals surface area (Å²) in [5.41, 5.74) is 7.17. The number of benzene rings is 1. The summed E-state index contributed by atoms with van der Waals surface area (Å²) in [7, 11) is 1.53. The van der Waals surface area contributed by atoms with Gasteiger partial charge in [0.2, 0.25) is 0 Å². The monoisotopic (exact) mass is 417 g/mol. The summed E-state index contributed by atoms with van der Waals surface area (Å²) in [5, 5.41) is 2.66. The summed E-state index contributed by atoms with van der Waals surface area (Å²) < 4.78 is 16.3. The number of halogens is 1. The largest absolute Gasteiger partial charge is 0.493 e. The molecule has 0 aromatic heterocycles. The number of nitrogen functional groups attached to an aromatic ring is 1. The topological polar surface area (TPSA) is 93.8 Å². The molecule has 3 N–H and O–H groups in total. The zero-order chi connectivity index (χ0) is 16.1. The third-order valence-corrected chi connectivity index (χ3v) is 4.44. The summed E-state index contributed by atoms with van der Waals surface area (Å²) in [6, 6.07) is 5.23. The summed E-state index contributed by atoms with van der Waals surface area (Å²) in [6.07, 6.45) is 2.42. The number of anilines is 1. The number of nitrogens with two attached hydrogens (primary N) is 1. The highest BCUT2D eigenvalue weighted by molar-refractivity contribution is 14.1. The number of carbonyl (C=O) groups is 1. The van der Waals surface area contributed by atoms with Crippen LogP contribution in [-0.2, 0) is 7.86 Å². The highest BCUT2D eigenvalue weighted by Gasteiger charge is 2.23. The van der Waals surface area contributed by atoms with Gasteiger partial charge in [-0.1, -0.05) is 0 Å². The minimum atomic E-state index is -1.30. The standard InChI is InChI=1S/C15H20IN3O3/c1-9(16-21)19-15(20)14(18-2)12-7-11(5-6-13(12)17)22-8-10-3-4-10/h5-7,9-10H,3-4,8,17H2,1-2H3,(H,19,20). The van der Waals surface area contributed by atoms with Crippen LogP contribution in [0, 0.1) is 5.92 Å². The van der Waals surface area contributed by atoms with E-state index in [1.54, 1.807) is 25.1 Å². The highest BCUT2D eigenvalue weighted by atomic mass is 127. The van der Waals surface area contributed by atoms with Crippen LogP contribution in [0.4, 0.5) is 5.69 Å². The molecule has 120 valence electrons. The van der Waals surface area contributed by atoms with Gasteiger partial charge < -0.3 is 15.8 Å². The minimum Gasteiger partial charge on any atom is -0.493 e. The van der Waals surface area contributed by atoms with Crippen molar-refractivity contribution in [2.24, 2.45) is 10.9 Å². The van der Waals surface area contributed by atoms with E-state index in [9.17, 15) is 7.86 Å². The van der Waals surface area contributed by atoms with Crippen LogP contribution >= 0.6 is 21.2 Å². The molecule has 1 aliphatic rings. The Balaban J connectivity index is 2.17. The number of rotatable bonds is 7. The van der Waals surface area contributed by atoms with Crippen LogP contribution < -0.4 is 15.8 Å². The molecule has 0 saturated heterocycles. The first kappa shape index (κ1) is 16.9. The van der Waals surface area contributed by atoms with Crippen molar-refractivity contribution in [1.82, 2.24) is 5.32 Å². The number of carbonyl (C=O) groups excluding carboxylic acids is 1. The van der Waals surface area contributed by atoms with E-state index < -0.39 is 21.2 Å². The fraction of sp³-hybridized carbons (Fsp3) is 0.467. The summed E-state index contributed by atoms with van der Waals surface area (Å²) in [5.74, 6) is 0.941. The lowest BCUT2D eigenvalue weighted by Gasteiger charge is -2.13. The van der Waals surface area contributed by atoms with Crippen LogP contribution in [0.3, 0.4) is 0 Å². The van der Waals surface area contributed by atoms with Gasteiger partial charge in [-0.25, -0.2) is 0 Å². The Morgan fingerprint density at radius 3 is 2.86 bits per heavy atom. The first-order valence-electron chi connectivity index (χ1n) is 7.11. The minimum absolute atomic E-state index is 0.221. The Morgan fingerprint density at radius 2 is 2.27 bits per heavy atom. The summed E-state index contributed by atoms with van der Waals surface area (Å²) >= 11 is -1.30. The zero-order valence-electron chi connectivity index (χ0n) is 12.6. The average Bonchev–Trinajstić information content (AvgIpc) is 3.32. The maximum Gasteiger partial charge on any atom is 0.271 e. The fourth-order valence-electron chi connectivity index (χ4n) is 1.94. The molecule has 0 aliphatic heterocycles. The molecule has 2 rings (SSSR count). The third kappa shape index (κ3) is 4.49. The number of aliphatic imine (C=N–C) groups is 1. The lowest BCUT2D eigenvalue weighted by atomic mass is 10.1. The molecule has 7 heteroatoms. The second-order valence-corrected chi connectivity index (χ2v) is 7.63. The van der Waals surface area contributed by atoms with E-state index >= 15 is 0 Å². The van der Waals surface area contributed by atoms with E-state index in [4.69, 9.17) is 10.5 Å². The van der Waals surface area contributed by atoms with Gasteiger partial charge in [0.25, 0.3) is 5.91 Å². The fourth-order valence-corrected chi connectivity index (χ4v) is 2.35. The highest BCUT2D eigenvalue weighted by Crippen LogP contribution is 2.30. The maximum absolute atomic E-state index is 12.2. The number of hydrogen-bond acceptors (Lipinski definition) is 5. The lowest BCUT2D eigenvalue weighted by molar-refractivity contribution is -0.114. The van der Waals surface area contributed by atoms with E-state index in [1.807, 2.05) is 0 Å².